The first-order valence-corrected chi connectivity index (χ1v) is 6.96. The van der Waals surface area contributed by atoms with Crippen LogP contribution in [-0.4, -0.2) is 28.0 Å². The molecule has 112 valence electrons. The normalized spacial score (nSPS) is 11.9. The van der Waals surface area contributed by atoms with Gasteiger partial charge < -0.3 is 10.1 Å². The molecule has 0 aromatic carbocycles. The minimum absolute atomic E-state index is 0.0338. The lowest BCUT2D eigenvalue weighted by Crippen LogP contribution is -2.12. The predicted molar refractivity (Wildman–Crippen MR) is 77.0 cm³/mol. The highest BCUT2D eigenvalue weighted by Gasteiger charge is 2.24. The third-order valence-corrected chi connectivity index (χ3v) is 2.80. The molecular formula is C13H22N4O3. The van der Waals surface area contributed by atoms with Gasteiger partial charge in [-0.25, -0.2) is 4.98 Å². The fraction of sp³-hybridized carbons (Fsp3) is 0.692. The van der Waals surface area contributed by atoms with Crippen LogP contribution < -0.4 is 10.1 Å². The summed E-state index contributed by atoms with van der Waals surface area (Å²) < 4.78 is 5.50. The van der Waals surface area contributed by atoms with Gasteiger partial charge in [-0.05, 0) is 18.8 Å². The van der Waals surface area contributed by atoms with Gasteiger partial charge in [-0.3, -0.25) is 10.1 Å². The van der Waals surface area contributed by atoms with Crippen molar-refractivity contribution in [2.75, 3.05) is 18.5 Å². The van der Waals surface area contributed by atoms with Crippen LogP contribution in [-0.2, 0) is 0 Å². The summed E-state index contributed by atoms with van der Waals surface area (Å²) in [6, 6.07) is 0. The maximum Gasteiger partial charge on any atom is 0.372 e. The fourth-order valence-electron chi connectivity index (χ4n) is 1.80. The molecule has 1 heterocycles. The van der Waals surface area contributed by atoms with Gasteiger partial charge >= 0.3 is 5.69 Å². The molecule has 0 fully saturated rings. The number of anilines is 1. The van der Waals surface area contributed by atoms with E-state index in [1.165, 1.54) is 6.33 Å². The monoisotopic (exact) mass is 282 g/mol. The molecule has 1 rings (SSSR count). The molecule has 0 spiro atoms. The third kappa shape index (κ3) is 4.64. The minimum atomic E-state index is -0.502. The molecule has 0 aliphatic heterocycles. The first-order valence-electron chi connectivity index (χ1n) is 6.96. The van der Waals surface area contributed by atoms with E-state index >= 15 is 0 Å². The first-order chi connectivity index (χ1) is 9.60. The van der Waals surface area contributed by atoms with Gasteiger partial charge in [0.2, 0.25) is 5.82 Å². The second kappa shape index (κ2) is 8.29. The molecule has 0 radical (unpaired) electrons. The van der Waals surface area contributed by atoms with Crippen molar-refractivity contribution in [3.8, 4) is 5.88 Å². The van der Waals surface area contributed by atoms with Crippen molar-refractivity contribution in [3.05, 3.63) is 16.4 Å². The quantitative estimate of drug-likeness (QED) is 0.553. The Morgan fingerprint density at radius 1 is 1.40 bits per heavy atom. The molecule has 0 bridgehead atoms. The molecule has 1 aromatic rings. The van der Waals surface area contributed by atoms with Crippen LogP contribution >= 0.6 is 0 Å². The number of hydrogen-bond donors (Lipinski definition) is 1. The fourth-order valence-corrected chi connectivity index (χ4v) is 1.80. The summed E-state index contributed by atoms with van der Waals surface area (Å²) in [6.07, 6.45) is 4.20. The van der Waals surface area contributed by atoms with E-state index in [1.54, 1.807) is 0 Å². The lowest BCUT2D eigenvalue weighted by molar-refractivity contribution is -0.385. The average Bonchev–Trinajstić information content (AvgIpc) is 2.42. The van der Waals surface area contributed by atoms with Crippen molar-refractivity contribution >= 4 is 11.5 Å². The Morgan fingerprint density at radius 2 is 2.15 bits per heavy atom. The third-order valence-electron chi connectivity index (χ3n) is 2.80. The number of nitrogens with one attached hydrogen (secondary N) is 1. The number of rotatable bonds is 9. The summed E-state index contributed by atoms with van der Waals surface area (Å²) in [5, 5.41) is 14.1. The van der Waals surface area contributed by atoms with Crippen molar-refractivity contribution in [3.63, 3.8) is 0 Å². The largest absolute Gasteiger partial charge is 0.472 e. The molecular weight excluding hydrogens is 260 g/mol. The van der Waals surface area contributed by atoms with Gasteiger partial charge in [-0.1, -0.05) is 27.2 Å². The zero-order chi connectivity index (χ0) is 15.0. The van der Waals surface area contributed by atoms with Crippen LogP contribution in [0.5, 0.6) is 5.88 Å². The standard InChI is InChI=1S/C13H22N4O3/c1-4-6-10(3)8-20-13-11(17(18)19)12(14-7-5-2)15-9-16-13/h9-10H,4-8H2,1-3H3,(H,14,15,16). The summed E-state index contributed by atoms with van der Waals surface area (Å²) in [5.41, 5.74) is -0.190. The van der Waals surface area contributed by atoms with Crippen LogP contribution in [0.25, 0.3) is 0 Å². The molecule has 0 aliphatic rings. The number of nitrogens with zero attached hydrogens (tertiary/aromatic N) is 3. The van der Waals surface area contributed by atoms with Gasteiger partial charge in [-0.15, -0.1) is 0 Å². The van der Waals surface area contributed by atoms with Gasteiger partial charge in [0.05, 0.1) is 11.5 Å². The Morgan fingerprint density at radius 3 is 2.75 bits per heavy atom. The highest BCUT2D eigenvalue weighted by Crippen LogP contribution is 2.31. The summed E-state index contributed by atoms with van der Waals surface area (Å²) in [5.74, 6) is 0.582. The Labute approximate surface area is 118 Å². The van der Waals surface area contributed by atoms with Crippen LogP contribution in [0.4, 0.5) is 11.5 Å². The summed E-state index contributed by atoms with van der Waals surface area (Å²) in [4.78, 5) is 18.5. The first kappa shape index (κ1) is 16.1. The van der Waals surface area contributed by atoms with E-state index in [1.807, 2.05) is 13.8 Å². The Kier molecular flexibility index (Phi) is 6.69. The Bertz CT molecular complexity index is 440. The van der Waals surface area contributed by atoms with E-state index in [0.29, 0.717) is 19.1 Å². The van der Waals surface area contributed by atoms with Crippen LogP contribution in [0, 0.1) is 16.0 Å². The molecule has 1 N–H and O–H groups in total. The molecule has 0 amide bonds. The Balaban J connectivity index is 2.86. The molecule has 1 aromatic heterocycles. The predicted octanol–water partition coefficient (Wildman–Crippen LogP) is 3.02. The molecule has 20 heavy (non-hydrogen) atoms. The number of ether oxygens (including phenoxy) is 1. The zero-order valence-corrected chi connectivity index (χ0v) is 12.3. The lowest BCUT2D eigenvalue weighted by Gasteiger charge is -2.12. The number of nitro groups is 1. The van der Waals surface area contributed by atoms with Crippen molar-refractivity contribution in [1.82, 2.24) is 9.97 Å². The minimum Gasteiger partial charge on any atom is -0.472 e. The van der Waals surface area contributed by atoms with E-state index in [-0.39, 0.29) is 17.4 Å². The summed E-state index contributed by atoms with van der Waals surface area (Å²) >= 11 is 0. The van der Waals surface area contributed by atoms with E-state index < -0.39 is 4.92 Å². The van der Waals surface area contributed by atoms with Crippen LogP contribution in [0.15, 0.2) is 6.33 Å². The Hall–Kier alpha value is -1.92. The van der Waals surface area contributed by atoms with E-state index in [2.05, 4.69) is 22.2 Å². The van der Waals surface area contributed by atoms with Crippen molar-refractivity contribution < 1.29 is 9.66 Å². The molecule has 7 heteroatoms. The van der Waals surface area contributed by atoms with Gasteiger partial charge in [0.1, 0.15) is 6.33 Å². The number of aromatic nitrogens is 2. The van der Waals surface area contributed by atoms with Gasteiger partial charge in [-0.2, -0.15) is 4.98 Å². The van der Waals surface area contributed by atoms with Crippen molar-refractivity contribution in [2.45, 2.75) is 40.0 Å². The highest BCUT2D eigenvalue weighted by atomic mass is 16.6. The maximum atomic E-state index is 11.2. The molecule has 1 unspecified atom stereocenters. The second-order valence-corrected chi connectivity index (χ2v) is 4.76. The topological polar surface area (TPSA) is 90.2 Å². The molecule has 1 atom stereocenters. The number of hydrogen-bond acceptors (Lipinski definition) is 6. The molecule has 0 aliphatic carbocycles. The van der Waals surface area contributed by atoms with E-state index in [9.17, 15) is 10.1 Å². The highest BCUT2D eigenvalue weighted by molar-refractivity contribution is 5.61. The SMILES string of the molecule is CCCNc1ncnc(OCC(C)CCC)c1[N+](=O)[O-]. The summed E-state index contributed by atoms with van der Waals surface area (Å²) in [7, 11) is 0. The van der Waals surface area contributed by atoms with Crippen molar-refractivity contribution in [1.29, 1.82) is 0 Å². The summed E-state index contributed by atoms with van der Waals surface area (Å²) in [6.45, 7) is 7.15. The smallest absolute Gasteiger partial charge is 0.372 e. The molecule has 7 nitrogen and oxygen atoms in total. The van der Waals surface area contributed by atoms with Gasteiger partial charge in [0.15, 0.2) is 0 Å². The van der Waals surface area contributed by atoms with Crippen LogP contribution in [0.3, 0.4) is 0 Å². The molecule has 0 saturated heterocycles. The lowest BCUT2D eigenvalue weighted by atomic mass is 10.1. The van der Waals surface area contributed by atoms with Gasteiger partial charge in [0.25, 0.3) is 5.88 Å². The van der Waals surface area contributed by atoms with E-state index in [4.69, 9.17) is 4.74 Å². The van der Waals surface area contributed by atoms with Crippen LogP contribution in [0.2, 0.25) is 0 Å². The molecule has 0 saturated carbocycles. The zero-order valence-electron chi connectivity index (χ0n) is 12.3. The average molecular weight is 282 g/mol. The second-order valence-electron chi connectivity index (χ2n) is 4.76. The van der Waals surface area contributed by atoms with E-state index in [0.717, 1.165) is 19.3 Å². The van der Waals surface area contributed by atoms with Gasteiger partial charge in [0, 0.05) is 6.54 Å². The maximum absolute atomic E-state index is 11.2. The van der Waals surface area contributed by atoms with Crippen LogP contribution in [0.1, 0.15) is 40.0 Å². The van der Waals surface area contributed by atoms with Crippen molar-refractivity contribution in [2.24, 2.45) is 5.92 Å².